The first-order valence-corrected chi connectivity index (χ1v) is 8.32. The molecule has 0 saturated carbocycles. The molecule has 118 valence electrons. The minimum atomic E-state index is -0.247. The predicted molar refractivity (Wildman–Crippen MR) is 91.0 cm³/mol. The van der Waals surface area contributed by atoms with Crippen LogP contribution in [0.15, 0.2) is 28.7 Å². The summed E-state index contributed by atoms with van der Waals surface area (Å²) >= 11 is 3.64. The fourth-order valence-electron chi connectivity index (χ4n) is 3.13. The molecule has 3 rings (SSSR count). The monoisotopic (exact) mass is 364 g/mol. The quantitative estimate of drug-likeness (QED) is 0.818. The summed E-state index contributed by atoms with van der Waals surface area (Å²) in [5, 5.41) is 1.15. The minimum Gasteiger partial charge on any atom is -0.377 e. The van der Waals surface area contributed by atoms with E-state index in [2.05, 4.69) is 46.5 Å². The van der Waals surface area contributed by atoms with Crippen LogP contribution in [-0.4, -0.2) is 40.7 Å². The van der Waals surface area contributed by atoms with Gasteiger partial charge in [-0.25, -0.2) is 0 Å². The van der Waals surface area contributed by atoms with E-state index in [0.29, 0.717) is 26.3 Å². The Bertz CT molecular complexity index is 721. The van der Waals surface area contributed by atoms with Gasteiger partial charge < -0.3 is 14.2 Å². The fraction of sp³-hybridized carbons (Fsp3) is 0.471. The highest BCUT2D eigenvalue weighted by atomic mass is 79.9. The molecule has 1 aromatic heterocycles. The van der Waals surface area contributed by atoms with Gasteiger partial charge in [0.15, 0.2) is 0 Å². The molecule has 2 aromatic rings. The molecular weight excluding hydrogens is 344 g/mol. The predicted octanol–water partition coefficient (Wildman–Crippen LogP) is 3.35. The van der Waals surface area contributed by atoms with Gasteiger partial charge in [0.25, 0.3) is 0 Å². The Morgan fingerprint density at radius 3 is 2.82 bits per heavy atom. The Morgan fingerprint density at radius 1 is 1.36 bits per heavy atom. The molecule has 0 spiro atoms. The summed E-state index contributed by atoms with van der Waals surface area (Å²) in [4.78, 5) is 14.8. The van der Waals surface area contributed by atoms with E-state index in [1.807, 2.05) is 24.0 Å². The van der Waals surface area contributed by atoms with Crippen LogP contribution in [0.3, 0.4) is 0 Å². The van der Waals surface area contributed by atoms with Gasteiger partial charge in [-0.2, -0.15) is 0 Å². The highest BCUT2D eigenvalue weighted by molar-refractivity contribution is 9.10. The lowest BCUT2D eigenvalue weighted by atomic mass is 10.0. The molecule has 1 aliphatic rings. The maximum Gasteiger partial charge on any atom is 0.243 e. The highest BCUT2D eigenvalue weighted by Gasteiger charge is 2.34. The zero-order chi connectivity index (χ0) is 15.9. The number of nitrogens with zero attached hydrogens (tertiary/aromatic N) is 2. The van der Waals surface area contributed by atoms with Crippen LogP contribution in [-0.2, 0) is 16.1 Å². The van der Waals surface area contributed by atoms with E-state index < -0.39 is 0 Å². The number of hydrogen-bond acceptors (Lipinski definition) is 2. The minimum absolute atomic E-state index is 0.143. The van der Waals surface area contributed by atoms with Crippen LogP contribution >= 0.6 is 15.9 Å². The number of benzene rings is 1. The molecule has 5 heteroatoms. The number of morpholine rings is 1. The number of ether oxygens (including phenoxy) is 1. The van der Waals surface area contributed by atoms with Gasteiger partial charge in [0.05, 0.1) is 18.8 Å². The van der Waals surface area contributed by atoms with Crippen molar-refractivity contribution in [2.45, 2.75) is 32.9 Å². The Balaban J connectivity index is 1.93. The number of para-hydroxylation sites is 1. The van der Waals surface area contributed by atoms with Crippen LogP contribution in [0.5, 0.6) is 0 Å². The van der Waals surface area contributed by atoms with E-state index in [4.69, 9.17) is 4.74 Å². The largest absolute Gasteiger partial charge is 0.377 e. The van der Waals surface area contributed by atoms with Crippen LogP contribution < -0.4 is 0 Å². The lowest BCUT2D eigenvalue weighted by Gasteiger charge is -2.42. The van der Waals surface area contributed by atoms with Gasteiger partial charge in [0.1, 0.15) is 6.54 Å². The maximum absolute atomic E-state index is 12.8. The van der Waals surface area contributed by atoms with Crippen LogP contribution in [0.1, 0.15) is 19.5 Å². The van der Waals surface area contributed by atoms with Gasteiger partial charge in [0, 0.05) is 27.6 Å². The molecule has 1 aliphatic heterocycles. The summed E-state index contributed by atoms with van der Waals surface area (Å²) in [6.07, 6.45) is 0. The Morgan fingerprint density at radius 2 is 2.09 bits per heavy atom. The molecule has 1 fully saturated rings. The molecule has 0 unspecified atom stereocenters. The normalized spacial score (nSPS) is 17.9. The topological polar surface area (TPSA) is 34.5 Å². The van der Waals surface area contributed by atoms with E-state index in [0.717, 1.165) is 21.1 Å². The molecule has 0 radical (unpaired) electrons. The smallest absolute Gasteiger partial charge is 0.243 e. The van der Waals surface area contributed by atoms with E-state index >= 15 is 0 Å². The van der Waals surface area contributed by atoms with Crippen molar-refractivity contribution in [1.82, 2.24) is 9.47 Å². The number of aromatic nitrogens is 1. The lowest BCUT2D eigenvalue weighted by molar-refractivity contribution is -0.146. The van der Waals surface area contributed by atoms with E-state index in [9.17, 15) is 4.79 Å². The molecule has 4 nitrogen and oxygen atoms in total. The molecule has 2 heterocycles. The second-order valence-electron chi connectivity index (χ2n) is 6.41. The van der Waals surface area contributed by atoms with Gasteiger partial charge in [-0.05, 0) is 42.8 Å². The molecule has 0 N–H and O–H groups in total. The number of amides is 1. The number of carbonyl (C=O) groups excluding carboxylic acids is 1. The van der Waals surface area contributed by atoms with Gasteiger partial charge in [-0.3, -0.25) is 4.79 Å². The third-order valence-corrected chi connectivity index (χ3v) is 5.39. The summed E-state index contributed by atoms with van der Waals surface area (Å²) in [7, 11) is 0. The summed E-state index contributed by atoms with van der Waals surface area (Å²) in [5.74, 6) is 0.143. The van der Waals surface area contributed by atoms with Gasteiger partial charge in [0.2, 0.25) is 5.91 Å². The molecule has 1 amide bonds. The average Bonchev–Trinajstić information content (AvgIpc) is 2.72. The number of fused-ring (bicyclic) bond motifs is 1. The summed E-state index contributed by atoms with van der Waals surface area (Å²) in [5.41, 5.74) is 1.93. The molecule has 0 bridgehead atoms. The first-order chi connectivity index (χ1) is 10.4. The summed E-state index contributed by atoms with van der Waals surface area (Å²) in [6, 6.07) is 8.16. The first-order valence-electron chi connectivity index (χ1n) is 7.53. The van der Waals surface area contributed by atoms with Crippen molar-refractivity contribution < 1.29 is 9.53 Å². The van der Waals surface area contributed by atoms with Crippen molar-refractivity contribution in [2.24, 2.45) is 0 Å². The average molecular weight is 365 g/mol. The standard InChI is InChI=1S/C17H21BrN2O2/c1-12-16(18)13-6-4-5-7-14(13)19(12)10-15(21)20-8-9-22-11-17(20,2)3/h4-7H,8-11H2,1-3H3. The van der Waals surface area contributed by atoms with E-state index in [-0.39, 0.29) is 11.4 Å². The lowest BCUT2D eigenvalue weighted by Crippen LogP contribution is -2.56. The van der Waals surface area contributed by atoms with Crippen molar-refractivity contribution >= 4 is 32.7 Å². The van der Waals surface area contributed by atoms with Crippen molar-refractivity contribution in [2.75, 3.05) is 19.8 Å². The second-order valence-corrected chi connectivity index (χ2v) is 7.21. The molecule has 0 aliphatic carbocycles. The molecular formula is C17H21BrN2O2. The van der Waals surface area contributed by atoms with Crippen LogP contribution in [0, 0.1) is 6.92 Å². The van der Waals surface area contributed by atoms with E-state index in [1.165, 1.54) is 0 Å². The van der Waals surface area contributed by atoms with Crippen LogP contribution in [0.25, 0.3) is 10.9 Å². The third-order valence-electron chi connectivity index (χ3n) is 4.39. The SMILES string of the molecule is Cc1c(Br)c2ccccc2n1CC(=O)N1CCOCC1(C)C. The molecule has 0 atom stereocenters. The number of hydrogen-bond donors (Lipinski definition) is 0. The fourth-order valence-corrected chi connectivity index (χ4v) is 3.68. The van der Waals surface area contributed by atoms with Crippen molar-refractivity contribution in [1.29, 1.82) is 0 Å². The molecule has 1 aromatic carbocycles. The van der Waals surface area contributed by atoms with Crippen molar-refractivity contribution in [3.05, 3.63) is 34.4 Å². The van der Waals surface area contributed by atoms with Crippen LogP contribution in [0.4, 0.5) is 0 Å². The van der Waals surface area contributed by atoms with Crippen molar-refractivity contribution in [3.63, 3.8) is 0 Å². The maximum atomic E-state index is 12.8. The third kappa shape index (κ3) is 2.57. The Kier molecular flexibility index (Phi) is 4.03. The number of rotatable bonds is 2. The number of carbonyl (C=O) groups is 1. The van der Waals surface area contributed by atoms with Gasteiger partial charge >= 0.3 is 0 Å². The first kappa shape index (κ1) is 15.6. The zero-order valence-corrected chi connectivity index (χ0v) is 14.8. The summed E-state index contributed by atoms with van der Waals surface area (Å²) in [6.45, 7) is 8.38. The van der Waals surface area contributed by atoms with Crippen LogP contribution in [0.2, 0.25) is 0 Å². The Labute approximate surface area is 139 Å². The highest BCUT2D eigenvalue weighted by Crippen LogP contribution is 2.31. The number of halogens is 1. The zero-order valence-electron chi connectivity index (χ0n) is 13.2. The van der Waals surface area contributed by atoms with Crippen molar-refractivity contribution in [3.8, 4) is 0 Å². The second kappa shape index (κ2) is 5.70. The molecule has 1 saturated heterocycles. The Hall–Kier alpha value is -1.33. The van der Waals surface area contributed by atoms with Gasteiger partial charge in [-0.1, -0.05) is 18.2 Å². The summed E-state index contributed by atoms with van der Waals surface area (Å²) < 4.78 is 8.66. The van der Waals surface area contributed by atoms with Gasteiger partial charge in [-0.15, -0.1) is 0 Å². The van der Waals surface area contributed by atoms with E-state index in [1.54, 1.807) is 0 Å². The molecule has 22 heavy (non-hydrogen) atoms.